The molecule has 0 radical (unpaired) electrons. The zero-order valence-corrected chi connectivity index (χ0v) is 19.7. The van der Waals surface area contributed by atoms with Crippen LogP contribution in [0.3, 0.4) is 0 Å². The molecule has 1 saturated heterocycles. The second kappa shape index (κ2) is 13.1. The highest BCUT2D eigenvalue weighted by Gasteiger charge is 2.26. The van der Waals surface area contributed by atoms with E-state index in [4.69, 9.17) is 0 Å². The van der Waals surface area contributed by atoms with Gasteiger partial charge >= 0.3 is 6.61 Å². The highest BCUT2D eigenvalue weighted by molar-refractivity contribution is 14.0. The Morgan fingerprint density at radius 3 is 2.66 bits per heavy atom. The lowest BCUT2D eigenvalue weighted by Gasteiger charge is -2.24. The van der Waals surface area contributed by atoms with Crippen molar-refractivity contribution in [2.24, 2.45) is 10.9 Å². The van der Waals surface area contributed by atoms with Gasteiger partial charge in [0.2, 0.25) is 0 Å². The van der Waals surface area contributed by atoms with E-state index in [9.17, 15) is 13.2 Å². The summed E-state index contributed by atoms with van der Waals surface area (Å²) in [6, 6.07) is 3.92. The van der Waals surface area contributed by atoms with Gasteiger partial charge in [-0.05, 0) is 44.5 Å². The molecule has 0 aromatic heterocycles. The largest absolute Gasteiger partial charge is 0.434 e. The molecule has 1 N–H and O–H groups in total. The number of benzene rings is 1. The van der Waals surface area contributed by atoms with E-state index in [1.165, 1.54) is 18.2 Å². The summed E-state index contributed by atoms with van der Waals surface area (Å²) in [5.41, 5.74) is 0.0390. The maximum absolute atomic E-state index is 14.2. The molecule has 0 spiro atoms. The highest BCUT2D eigenvalue weighted by Crippen LogP contribution is 2.25. The zero-order valence-electron chi connectivity index (χ0n) is 17.3. The van der Waals surface area contributed by atoms with Gasteiger partial charge in [0.05, 0.1) is 12.1 Å². The van der Waals surface area contributed by atoms with Crippen molar-refractivity contribution in [1.29, 1.82) is 0 Å². The Hall–Kier alpha value is -1.23. The predicted molar refractivity (Wildman–Crippen MR) is 121 cm³/mol. The van der Waals surface area contributed by atoms with Crippen LogP contribution in [0.1, 0.15) is 32.8 Å². The van der Waals surface area contributed by atoms with Gasteiger partial charge in [-0.1, -0.05) is 19.9 Å². The van der Waals surface area contributed by atoms with Gasteiger partial charge in [0.25, 0.3) is 0 Å². The fraction of sp³-hybridized carbons (Fsp3) is 0.650. The third-order valence-corrected chi connectivity index (χ3v) is 5.01. The van der Waals surface area contributed by atoms with Crippen LogP contribution in [0.4, 0.5) is 13.2 Å². The van der Waals surface area contributed by atoms with Crippen molar-refractivity contribution in [2.45, 2.75) is 40.3 Å². The second-order valence-electron chi connectivity index (χ2n) is 6.85. The van der Waals surface area contributed by atoms with Crippen LogP contribution in [0.2, 0.25) is 0 Å². The summed E-state index contributed by atoms with van der Waals surface area (Å²) in [5.74, 6) is 0.458. The molecule has 1 atom stereocenters. The van der Waals surface area contributed by atoms with E-state index < -0.39 is 12.4 Å². The molecular weight excluding hydrogens is 496 g/mol. The minimum atomic E-state index is -3.00. The van der Waals surface area contributed by atoms with Gasteiger partial charge in [0, 0.05) is 26.2 Å². The van der Waals surface area contributed by atoms with Crippen molar-refractivity contribution < 1.29 is 17.9 Å². The Morgan fingerprint density at radius 2 is 2.03 bits per heavy atom. The van der Waals surface area contributed by atoms with Crippen LogP contribution in [0.15, 0.2) is 23.2 Å². The first kappa shape index (κ1) is 25.8. The number of nitrogens with zero attached hydrogens (tertiary/aromatic N) is 3. The van der Waals surface area contributed by atoms with Crippen molar-refractivity contribution in [1.82, 2.24) is 15.1 Å². The maximum Gasteiger partial charge on any atom is 0.387 e. The van der Waals surface area contributed by atoms with Crippen molar-refractivity contribution in [3.8, 4) is 5.75 Å². The number of alkyl halides is 2. The molecule has 1 aliphatic heterocycles. The van der Waals surface area contributed by atoms with Gasteiger partial charge in [0.15, 0.2) is 5.96 Å². The van der Waals surface area contributed by atoms with Crippen molar-refractivity contribution in [2.75, 3.05) is 39.3 Å². The summed E-state index contributed by atoms with van der Waals surface area (Å²) in [6.45, 7) is 8.75. The maximum atomic E-state index is 14.2. The fourth-order valence-electron chi connectivity index (χ4n) is 3.50. The highest BCUT2D eigenvalue weighted by atomic mass is 127. The van der Waals surface area contributed by atoms with E-state index in [2.05, 4.69) is 38.7 Å². The number of guanidine groups is 1. The predicted octanol–water partition coefficient (Wildman–Crippen LogP) is 4.17. The lowest BCUT2D eigenvalue weighted by atomic mass is 10.1. The standard InChI is InChI=1S/C20H31F3N4O.HI/c1-4-24-20(27-11-10-15(14-27)13-26(5-2)6-3)25-12-16-17(21)8-7-9-18(16)28-19(22)23;/h7-9,15,19H,4-6,10-14H2,1-3H3,(H,24,25);1H. The van der Waals surface area contributed by atoms with Gasteiger partial charge in [-0.25, -0.2) is 9.38 Å². The molecule has 29 heavy (non-hydrogen) atoms. The molecule has 0 saturated carbocycles. The lowest BCUT2D eigenvalue weighted by molar-refractivity contribution is -0.0506. The summed E-state index contributed by atoms with van der Waals surface area (Å²) in [6.07, 6.45) is 1.07. The van der Waals surface area contributed by atoms with Crippen molar-refractivity contribution >= 4 is 29.9 Å². The third kappa shape index (κ3) is 7.84. The Morgan fingerprint density at radius 1 is 1.31 bits per heavy atom. The smallest absolute Gasteiger partial charge is 0.387 e. The van der Waals surface area contributed by atoms with Crippen LogP contribution in [-0.2, 0) is 6.54 Å². The molecule has 5 nitrogen and oxygen atoms in total. The molecule has 0 amide bonds. The molecule has 1 heterocycles. The summed E-state index contributed by atoms with van der Waals surface area (Å²) < 4.78 is 43.8. The number of halogens is 4. The minimum absolute atomic E-state index is 0. The molecular formula is C20H32F3IN4O. The first-order valence-corrected chi connectivity index (χ1v) is 9.96. The van der Waals surface area contributed by atoms with Gasteiger partial charge in [-0.15, -0.1) is 24.0 Å². The van der Waals surface area contributed by atoms with Crippen molar-refractivity contribution in [3.05, 3.63) is 29.6 Å². The van der Waals surface area contributed by atoms with E-state index >= 15 is 0 Å². The topological polar surface area (TPSA) is 40.1 Å². The Bertz CT molecular complexity index is 644. The van der Waals surface area contributed by atoms with Crippen LogP contribution in [0.25, 0.3) is 0 Å². The van der Waals surface area contributed by atoms with Crippen LogP contribution >= 0.6 is 24.0 Å². The van der Waals surface area contributed by atoms with E-state index in [0.717, 1.165) is 39.1 Å². The molecule has 0 bridgehead atoms. The van der Waals surface area contributed by atoms with E-state index in [0.29, 0.717) is 18.4 Å². The SMILES string of the molecule is CCNC(=NCc1c(F)cccc1OC(F)F)N1CCC(CN(CC)CC)C1.I. The monoisotopic (exact) mass is 528 g/mol. The quantitative estimate of drug-likeness (QED) is 0.297. The van der Waals surface area contributed by atoms with Gasteiger partial charge < -0.3 is 19.9 Å². The number of likely N-dealkylation sites (tertiary alicyclic amines) is 1. The van der Waals surface area contributed by atoms with Gasteiger partial charge in [-0.3, -0.25) is 0 Å². The molecule has 1 aromatic carbocycles. The van der Waals surface area contributed by atoms with E-state index in [1.54, 1.807) is 0 Å². The summed E-state index contributed by atoms with van der Waals surface area (Å²) in [7, 11) is 0. The zero-order chi connectivity index (χ0) is 20.5. The molecule has 1 unspecified atom stereocenters. The molecule has 1 fully saturated rings. The van der Waals surface area contributed by atoms with Gasteiger partial charge in [-0.2, -0.15) is 8.78 Å². The number of hydrogen-bond acceptors (Lipinski definition) is 3. The minimum Gasteiger partial charge on any atom is -0.434 e. The molecule has 0 aliphatic carbocycles. The molecule has 9 heteroatoms. The molecule has 1 aliphatic rings. The van der Waals surface area contributed by atoms with Crippen LogP contribution < -0.4 is 10.1 Å². The summed E-state index contributed by atoms with van der Waals surface area (Å²) in [4.78, 5) is 9.07. The van der Waals surface area contributed by atoms with E-state index in [-0.39, 0.29) is 41.8 Å². The van der Waals surface area contributed by atoms with Crippen molar-refractivity contribution in [3.63, 3.8) is 0 Å². The average Bonchev–Trinajstić information content (AvgIpc) is 3.12. The Labute approximate surface area is 188 Å². The molecule has 2 rings (SSSR count). The van der Waals surface area contributed by atoms with E-state index in [1.807, 2.05) is 6.92 Å². The number of hydrogen-bond donors (Lipinski definition) is 1. The fourth-order valence-corrected chi connectivity index (χ4v) is 3.50. The Balaban J connectivity index is 0.00000420. The number of rotatable bonds is 9. The van der Waals surface area contributed by atoms with Crippen LogP contribution in [0, 0.1) is 11.7 Å². The number of ether oxygens (including phenoxy) is 1. The Kier molecular flexibility index (Phi) is 11.7. The average molecular weight is 528 g/mol. The normalized spacial score (nSPS) is 17.0. The molecule has 166 valence electrons. The first-order chi connectivity index (χ1) is 13.5. The second-order valence-corrected chi connectivity index (χ2v) is 6.85. The number of aliphatic imine (C=N–C) groups is 1. The van der Waals surface area contributed by atoms with Crippen LogP contribution in [0.5, 0.6) is 5.75 Å². The summed E-state index contributed by atoms with van der Waals surface area (Å²) in [5, 5.41) is 3.23. The van der Waals surface area contributed by atoms with Gasteiger partial charge in [0.1, 0.15) is 11.6 Å². The number of nitrogens with one attached hydrogen (secondary N) is 1. The van der Waals surface area contributed by atoms with Crippen LogP contribution in [-0.4, -0.2) is 61.6 Å². The summed E-state index contributed by atoms with van der Waals surface area (Å²) >= 11 is 0. The molecule has 1 aromatic rings. The lowest BCUT2D eigenvalue weighted by Crippen LogP contribution is -2.41. The third-order valence-electron chi connectivity index (χ3n) is 5.01. The first-order valence-electron chi connectivity index (χ1n) is 9.96.